The van der Waals surface area contributed by atoms with E-state index < -0.39 is 11.2 Å². The third-order valence-corrected chi connectivity index (χ3v) is 4.90. The van der Waals surface area contributed by atoms with E-state index in [9.17, 15) is 14.4 Å². The van der Waals surface area contributed by atoms with E-state index in [1.54, 1.807) is 4.57 Å². The number of fused-ring (bicyclic) bond motifs is 1. The predicted molar refractivity (Wildman–Crippen MR) is 96.9 cm³/mol. The Balaban J connectivity index is 2.00. The molecule has 1 aliphatic carbocycles. The second-order valence-corrected chi connectivity index (χ2v) is 7.04. The Kier molecular flexibility index (Phi) is 5.29. The lowest BCUT2D eigenvalue weighted by Gasteiger charge is -2.08. The first-order chi connectivity index (χ1) is 12.5. The average molecular weight is 362 g/mol. The maximum Gasteiger partial charge on any atom is 0.330 e. The van der Waals surface area contributed by atoms with Crippen LogP contribution in [-0.2, 0) is 29.2 Å². The Morgan fingerprint density at radius 1 is 1.23 bits per heavy atom. The molecule has 0 spiro atoms. The van der Waals surface area contributed by atoms with E-state index in [1.807, 2.05) is 20.8 Å². The number of esters is 1. The summed E-state index contributed by atoms with van der Waals surface area (Å²) in [7, 11) is 0. The van der Waals surface area contributed by atoms with Gasteiger partial charge in [0.15, 0.2) is 11.2 Å². The molecule has 0 aliphatic heterocycles. The normalized spacial score (nSPS) is 19.0. The van der Waals surface area contributed by atoms with E-state index in [0.717, 1.165) is 25.7 Å². The summed E-state index contributed by atoms with van der Waals surface area (Å²) >= 11 is 0. The minimum absolute atomic E-state index is 0.0120. The molecule has 0 radical (unpaired) electrons. The summed E-state index contributed by atoms with van der Waals surface area (Å²) in [6.07, 6.45) is 3.39. The van der Waals surface area contributed by atoms with Gasteiger partial charge in [0.25, 0.3) is 5.56 Å². The van der Waals surface area contributed by atoms with Crippen molar-refractivity contribution in [1.29, 1.82) is 0 Å². The zero-order valence-electron chi connectivity index (χ0n) is 15.6. The van der Waals surface area contributed by atoms with Crippen LogP contribution in [0.5, 0.6) is 0 Å². The first-order valence-electron chi connectivity index (χ1n) is 9.36. The Bertz CT molecular complexity index is 924. The van der Waals surface area contributed by atoms with Gasteiger partial charge in [0.2, 0.25) is 0 Å². The fourth-order valence-electron chi connectivity index (χ4n) is 3.21. The number of carbonyl (C=O) groups excluding carboxylic acids is 1. The molecule has 142 valence electrons. The summed E-state index contributed by atoms with van der Waals surface area (Å²) in [5.74, 6) is 0.638. The van der Waals surface area contributed by atoms with Gasteiger partial charge in [0, 0.05) is 13.1 Å². The second kappa shape index (κ2) is 7.47. The van der Waals surface area contributed by atoms with E-state index in [-0.39, 0.29) is 18.5 Å². The molecule has 1 saturated carbocycles. The maximum atomic E-state index is 12.4. The fourth-order valence-corrected chi connectivity index (χ4v) is 3.21. The van der Waals surface area contributed by atoms with Crippen LogP contribution in [0.4, 0.5) is 0 Å². The number of aromatic nitrogens is 4. The number of ether oxygens (including phenoxy) is 1. The van der Waals surface area contributed by atoms with E-state index in [1.165, 1.54) is 4.57 Å². The summed E-state index contributed by atoms with van der Waals surface area (Å²) < 4.78 is 8.67. The molecule has 0 aromatic carbocycles. The van der Waals surface area contributed by atoms with E-state index in [0.29, 0.717) is 36.0 Å². The van der Waals surface area contributed by atoms with Crippen LogP contribution in [-0.4, -0.2) is 25.1 Å². The second-order valence-electron chi connectivity index (χ2n) is 7.04. The number of nitrogens with one attached hydrogen (secondary N) is 1. The van der Waals surface area contributed by atoms with Crippen molar-refractivity contribution in [2.24, 2.45) is 11.8 Å². The first-order valence-corrected chi connectivity index (χ1v) is 9.36. The first kappa shape index (κ1) is 18.4. The minimum Gasteiger partial charge on any atom is -0.457 e. The van der Waals surface area contributed by atoms with Gasteiger partial charge in [0.1, 0.15) is 12.4 Å². The van der Waals surface area contributed by atoms with Crippen molar-refractivity contribution in [3.63, 3.8) is 0 Å². The number of carbonyl (C=O) groups is 1. The summed E-state index contributed by atoms with van der Waals surface area (Å²) in [6.45, 7) is 7.12. The van der Waals surface area contributed by atoms with Crippen LogP contribution >= 0.6 is 0 Å². The molecule has 1 fully saturated rings. The molecule has 2 aromatic heterocycles. The van der Waals surface area contributed by atoms with Gasteiger partial charge in [-0.3, -0.25) is 19.1 Å². The number of imidazole rings is 1. The molecule has 2 heterocycles. The summed E-state index contributed by atoms with van der Waals surface area (Å²) in [5.41, 5.74) is -0.167. The van der Waals surface area contributed by atoms with E-state index >= 15 is 0 Å². The Morgan fingerprint density at radius 3 is 2.58 bits per heavy atom. The number of aryl methyl sites for hydroxylation is 2. The SMILES string of the molecule is CCCCn1c(=O)[nH]c(=O)c2c1nc(COC(=O)[C@H]1C[C@@H]1C)n2CCC. The van der Waals surface area contributed by atoms with Gasteiger partial charge in [-0.2, -0.15) is 0 Å². The van der Waals surface area contributed by atoms with Gasteiger partial charge in [-0.25, -0.2) is 9.78 Å². The topological polar surface area (TPSA) is 99.0 Å². The monoisotopic (exact) mass is 362 g/mol. The summed E-state index contributed by atoms with van der Waals surface area (Å²) in [5, 5.41) is 0. The predicted octanol–water partition coefficient (Wildman–Crippen LogP) is 1.80. The maximum absolute atomic E-state index is 12.4. The lowest BCUT2D eigenvalue weighted by atomic mass is 10.3. The van der Waals surface area contributed by atoms with Gasteiger partial charge in [-0.15, -0.1) is 0 Å². The molecular weight excluding hydrogens is 336 g/mol. The number of unbranched alkanes of at least 4 members (excludes halogenated alkanes) is 1. The zero-order valence-corrected chi connectivity index (χ0v) is 15.6. The Hall–Kier alpha value is -2.38. The third-order valence-electron chi connectivity index (χ3n) is 4.90. The molecule has 8 heteroatoms. The molecule has 8 nitrogen and oxygen atoms in total. The highest BCUT2D eigenvalue weighted by atomic mass is 16.5. The quantitative estimate of drug-likeness (QED) is 0.722. The van der Waals surface area contributed by atoms with Gasteiger partial charge in [-0.1, -0.05) is 27.2 Å². The summed E-state index contributed by atoms with van der Waals surface area (Å²) in [6, 6.07) is 0. The molecule has 0 amide bonds. The number of H-pyrrole nitrogens is 1. The average Bonchev–Trinajstić information content (AvgIpc) is 3.22. The highest BCUT2D eigenvalue weighted by Gasteiger charge is 2.40. The van der Waals surface area contributed by atoms with Crippen LogP contribution in [0.1, 0.15) is 52.3 Å². The molecule has 2 atom stereocenters. The minimum atomic E-state index is -0.452. The lowest BCUT2D eigenvalue weighted by Crippen LogP contribution is -2.31. The smallest absolute Gasteiger partial charge is 0.330 e. The van der Waals surface area contributed by atoms with Crippen molar-refractivity contribution < 1.29 is 9.53 Å². The van der Waals surface area contributed by atoms with Crippen molar-refractivity contribution in [2.45, 2.75) is 66.2 Å². The lowest BCUT2D eigenvalue weighted by molar-refractivity contribution is -0.147. The van der Waals surface area contributed by atoms with Crippen molar-refractivity contribution in [2.75, 3.05) is 0 Å². The highest BCUT2D eigenvalue weighted by molar-refractivity contribution is 5.75. The molecule has 2 aromatic rings. The molecule has 1 aliphatic rings. The fraction of sp³-hybridized carbons (Fsp3) is 0.667. The molecule has 26 heavy (non-hydrogen) atoms. The molecule has 1 N–H and O–H groups in total. The van der Waals surface area contributed by atoms with Crippen LogP contribution in [0, 0.1) is 11.8 Å². The van der Waals surface area contributed by atoms with Crippen molar-refractivity contribution in [3.05, 3.63) is 26.7 Å². The third kappa shape index (κ3) is 3.45. The van der Waals surface area contributed by atoms with Crippen LogP contribution in [0.15, 0.2) is 9.59 Å². The molecule has 3 rings (SSSR count). The standard InChI is InChI=1S/C18H26N4O4/c1-4-6-8-22-15-14(16(23)20-18(22)25)21(7-5-2)13(19-15)10-26-17(24)12-9-11(12)3/h11-12H,4-10H2,1-3H3,(H,20,23,25)/t11-,12-/m0/s1. The summed E-state index contributed by atoms with van der Waals surface area (Å²) in [4.78, 5) is 43.5. The molecule has 0 bridgehead atoms. The van der Waals surface area contributed by atoms with Crippen molar-refractivity contribution in [1.82, 2.24) is 19.1 Å². The number of nitrogens with zero attached hydrogens (tertiary/aromatic N) is 3. The highest BCUT2D eigenvalue weighted by Crippen LogP contribution is 2.38. The van der Waals surface area contributed by atoms with Gasteiger partial charge >= 0.3 is 11.7 Å². The Labute approximate surface area is 151 Å². The largest absolute Gasteiger partial charge is 0.457 e. The van der Waals surface area contributed by atoms with Crippen LogP contribution in [0.3, 0.4) is 0 Å². The van der Waals surface area contributed by atoms with Crippen molar-refractivity contribution in [3.8, 4) is 0 Å². The molecule has 0 saturated heterocycles. The zero-order chi connectivity index (χ0) is 18.8. The number of aromatic amines is 1. The Morgan fingerprint density at radius 2 is 1.96 bits per heavy atom. The van der Waals surface area contributed by atoms with Crippen molar-refractivity contribution >= 4 is 17.1 Å². The number of hydrogen-bond acceptors (Lipinski definition) is 5. The number of rotatable bonds is 8. The van der Waals surface area contributed by atoms with Crippen LogP contribution < -0.4 is 11.2 Å². The van der Waals surface area contributed by atoms with Gasteiger partial charge in [0.05, 0.1) is 5.92 Å². The van der Waals surface area contributed by atoms with Crippen LogP contribution in [0.2, 0.25) is 0 Å². The van der Waals surface area contributed by atoms with Gasteiger partial charge in [-0.05, 0) is 25.2 Å². The van der Waals surface area contributed by atoms with E-state index in [4.69, 9.17) is 4.74 Å². The molecule has 0 unspecified atom stereocenters. The van der Waals surface area contributed by atoms with Gasteiger partial charge < -0.3 is 9.30 Å². The number of hydrogen-bond donors (Lipinski definition) is 1. The molecular formula is C18H26N4O4. The van der Waals surface area contributed by atoms with E-state index in [2.05, 4.69) is 9.97 Å². The van der Waals surface area contributed by atoms with Crippen LogP contribution in [0.25, 0.3) is 11.2 Å².